The van der Waals surface area contributed by atoms with Gasteiger partial charge in [0.05, 0.1) is 5.35 Å². The molecule has 1 nitrogen and oxygen atoms in total. The van der Waals surface area contributed by atoms with Crippen molar-refractivity contribution in [3.05, 3.63) is 41.0 Å². The van der Waals surface area contributed by atoms with Gasteiger partial charge in [0.1, 0.15) is 0 Å². The quantitative estimate of drug-likeness (QED) is 0.547. The van der Waals surface area contributed by atoms with Gasteiger partial charge >= 0.3 is 0 Å². The molecule has 0 aromatic carbocycles. The molecule has 0 radical (unpaired) electrons. The molecule has 2 rings (SSSR count). The SMILES string of the molecule is CC1=c2cccnc2=CC=CC1. The average molecular weight is 157 g/mol. The number of hydrogen-bond donors (Lipinski definition) is 0. The van der Waals surface area contributed by atoms with E-state index >= 15 is 0 Å². The molecular formula is C11H11N. The summed E-state index contributed by atoms with van der Waals surface area (Å²) in [5.41, 5.74) is 1.39. The van der Waals surface area contributed by atoms with Gasteiger partial charge in [0.25, 0.3) is 0 Å². The lowest BCUT2D eigenvalue weighted by atomic mass is 10.1. The van der Waals surface area contributed by atoms with Gasteiger partial charge in [0.15, 0.2) is 0 Å². The summed E-state index contributed by atoms with van der Waals surface area (Å²) in [5, 5.41) is 2.37. The average Bonchev–Trinajstić information content (AvgIpc) is 2.29. The van der Waals surface area contributed by atoms with Crippen LogP contribution >= 0.6 is 0 Å². The molecule has 60 valence electrons. The van der Waals surface area contributed by atoms with Gasteiger partial charge in [0.2, 0.25) is 0 Å². The summed E-state index contributed by atoms with van der Waals surface area (Å²) in [5.74, 6) is 0. The number of rotatable bonds is 0. The lowest BCUT2D eigenvalue weighted by molar-refractivity contribution is 1.20. The lowest BCUT2D eigenvalue weighted by Crippen LogP contribution is -2.28. The third-order valence-corrected chi connectivity index (χ3v) is 2.11. The molecular weight excluding hydrogens is 146 g/mol. The van der Waals surface area contributed by atoms with Crippen molar-refractivity contribution in [1.29, 1.82) is 0 Å². The molecule has 0 atom stereocenters. The number of aromatic nitrogens is 1. The Kier molecular flexibility index (Phi) is 1.78. The minimum atomic E-state index is 1.04. The Bertz CT molecular complexity index is 427. The molecule has 0 bridgehead atoms. The van der Waals surface area contributed by atoms with E-state index in [0.717, 1.165) is 11.8 Å². The third kappa shape index (κ3) is 1.18. The molecule has 1 heteroatoms. The second-order valence-corrected chi connectivity index (χ2v) is 3.02. The third-order valence-electron chi connectivity index (χ3n) is 2.11. The van der Waals surface area contributed by atoms with Gasteiger partial charge in [-0.1, -0.05) is 23.8 Å². The first-order chi connectivity index (χ1) is 5.88. The van der Waals surface area contributed by atoms with Crippen LogP contribution in [0.3, 0.4) is 0 Å². The van der Waals surface area contributed by atoms with E-state index in [-0.39, 0.29) is 0 Å². The number of pyridine rings is 1. The molecule has 0 saturated heterocycles. The first-order valence-corrected chi connectivity index (χ1v) is 4.15. The summed E-state index contributed by atoms with van der Waals surface area (Å²) in [6.45, 7) is 2.16. The van der Waals surface area contributed by atoms with Gasteiger partial charge in [-0.2, -0.15) is 0 Å². The van der Waals surface area contributed by atoms with Crippen molar-refractivity contribution in [3.63, 3.8) is 0 Å². The first-order valence-electron chi connectivity index (χ1n) is 4.15. The Hall–Kier alpha value is -1.37. The molecule has 0 unspecified atom stereocenters. The van der Waals surface area contributed by atoms with Gasteiger partial charge in [-0.25, -0.2) is 0 Å². The molecule has 12 heavy (non-hydrogen) atoms. The van der Waals surface area contributed by atoms with Crippen LogP contribution in [0.15, 0.2) is 30.5 Å². The lowest BCUT2D eigenvalue weighted by Gasteiger charge is -1.93. The summed E-state index contributed by atoms with van der Waals surface area (Å²) in [6, 6.07) is 4.11. The normalized spacial score (nSPS) is 14.9. The van der Waals surface area contributed by atoms with Crippen molar-refractivity contribution < 1.29 is 0 Å². The molecule has 0 N–H and O–H groups in total. The van der Waals surface area contributed by atoms with E-state index in [9.17, 15) is 0 Å². The number of allylic oxidation sites excluding steroid dienone is 2. The molecule has 0 fully saturated rings. The number of hydrogen-bond acceptors (Lipinski definition) is 1. The van der Waals surface area contributed by atoms with E-state index in [1.165, 1.54) is 10.8 Å². The molecule has 0 saturated carbocycles. The van der Waals surface area contributed by atoms with Crippen LogP contribution in [0, 0.1) is 0 Å². The van der Waals surface area contributed by atoms with E-state index in [2.05, 4.69) is 36.2 Å². The minimum Gasteiger partial charge on any atom is -0.256 e. The molecule has 0 aliphatic heterocycles. The second-order valence-electron chi connectivity index (χ2n) is 3.02. The Morgan fingerprint density at radius 3 is 3.25 bits per heavy atom. The molecule has 0 spiro atoms. The predicted octanol–water partition coefficient (Wildman–Crippen LogP) is 0.993. The van der Waals surface area contributed by atoms with E-state index in [0.29, 0.717) is 0 Å². The standard InChI is InChI=1S/C11H11N/c1-9-5-2-3-7-11-10(9)6-4-8-12-11/h2-4,6-8H,5H2,1H3. The van der Waals surface area contributed by atoms with Crippen LogP contribution in [0.4, 0.5) is 0 Å². The largest absolute Gasteiger partial charge is 0.256 e. The Labute approximate surface area is 71.8 Å². The highest BCUT2D eigenvalue weighted by Gasteiger charge is 1.93. The summed E-state index contributed by atoms with van der Waals surface area (Å²) >= 11 is 0. The smallest absolute Gasteiger partial charge is 0.0701 e. The monoisotopic (exact) mass is 157 g/mol. The van der Waals surface area contributed by atoms with E-state index in [4.69, 9.17) is 0 Å². The maximum absolute atomic E-state index is 4.30. The Balaban J connectivity index is 2.88. The van der Waals surface area contributed by atoms with E-state index in [1.54, 1.807) is 0 Å². The first kappa shape index (κ1) is 7.29. The maximum atomic E-state index is 4.30. The molecule has 1 aromatic heterocycles. The molecule has 1 aromatic rings. The van der Waals surface area contributed by atoms with Gasteiger partial charge in [-0.3, -0.25) is 4.98 Å². The minimum absolute atomic E-state index is 1.04. The van der Waals surface area contributed by atoms with Crippen LogP contribution in [0.5, 0.6) is 0 Å². The fourth-order valence-corrected chi connectivity index (χ4v) is 1.43. The van der Waals surface area contributed by atoms with Crippen LogP contribution in [0.2, 0.25) is 0 Å². The summed E-state index contributed by atoms with van der Waals surface area (Å²) in [6.07, 6.45) is 9.17. The highest BCUT2D eigenvalue weighted by Crippen LogP contribution is 2.00. The van der Waals surface area contributed by atoms with Crippen molar-refractivity contribution in [3.8, 4) is 0 Å². The van der Waals surface area contributed by atoms with Crippen LogP contribution in [0.25, 0.3) is 11.6 Å². The van der Waals surface area contributed by atoms with Crippen LogP contribution in [-0.4, -0.2) is 4.98 Å². The zero-order chi connectivity index (χ0) is 8.39. The predicted molar refractivity (Wildman–Crippen MR) is 50.8 cm³/mol. The second kappa shape index (κ2) is 2.94. The number of nitrogens with zero attached hydrogens (tertiary/aromatic N) is 1. The molecule has 1 aliphatic rings. The maximum Gasteiger partial charge on any atom is 0.0701 e. The Morgan fingerprint density at radius 1 is 1.42 bits per heavy atom. The van der Waals surface area contributed by atoms with Gasteiger partial charge < -0.3 is 0 Å². The summed E-state index contributed by atoms with van der Waals surface area (Å²) in [4.78, 5) is 4.30. The summed E-state index contributed by atoms with van der Waals surface area (Å²) in [7, 11) is 0. The van der Waals surface area contributed by atoms with Crippen LogP contribution in [-0.2, 0) is 0 Å². The van der Waals surface area contributed by atoms with E-state index < -0.39 is 0 Å². The molecule has 1 heterocycles. The number of fused-ring (bicyclic) bond motifs is 1. The highest BCUT2D eigenvalue weighted by molar-refractivity contribution is 5.50. The van der Waals surface area contributed by atoms with E-state index in [1.807, 2.05) is 12.3 Å². The Morgan fingerprint density at radius 2 is 2.33 bits per heavy atom. The summed E-state index contributed by atoms with van der Waals surface area (Å²) < 4.78 is 0. The molecule has 1 aliphatic carbocycles. The van der Waals surface area contributed by atoms with Gasteiger partial charge in [-0.15, -0.1) is 0 Å². The van der Waals surface area contributed by atoms with Crippen molar-refractivity contribution in [2.45, 2.75) is 13.3 Å². The van der Waals surface area contributed by atoms with Gasteiger partial charge in [-0.05, 0) is 30.7 Å². The van der Waals surface area contributed by atoms with Gasteiger partial charge in [0, 0.05) is 6.20 Å². The van der Waals surface area contributed by atoms with Crippen molar-refractivity contribution in [2.75, 3.05) is 0 Å². The fourth-order valence-electron chi connectivity index (χ4n) is 1.43. The topological polar surface area (TPSA) is 12.9 Å². The van der Waals surface area contributed by atoms with Crippen LogP contribution in [0.1, 0.15) is 13.3 Å². The highest BCUT2D eigenvalue weighted by atomic mass is 14.6. The zero-order valence-corrected chi connectivity index (χ0v) is 7.12. The van der Waals surface area contributed by atoms with Crippen molar-refractivity contribution in [2.24, 2.45) is 0 Å². The van der Waals surface area contributed by atoms with Crippen LogP contribution < -0.4 is 10.6 Å². The fraction of sp³-hybridized carbons (Fsp3) is 0.182. The zero-order valence-electron chi connectivity index (χ0n) is 7.12. The van der Waals surface area contributed by atoms with Crippen molar-refractivity contribution >= 4 is 11.6 Å². The molecule has 0 amide bonds. The van der Waals surface area contributed by atoms with Crippen molar-refractivity contribution in [1.82, 2.24) is 4.98 Å².